The zero-order valence-electron chi connectivity index (χ0n) is 10.8. The van der Waals surface area contributed by atoms with E-state index in [-0.39, 0.29) is 5.92 Å². The molecule has 0 aromatic heterocycles. The standard InChI is InChI=1S/C13H24O3/c1-9(2)12(4,11(14)15)13(16)7-5-6-10(3)8-13/h9-10,16H,5-8H2,1-4H3,(H,14,15). The van der Waals surface area contributed by atoms with E-state index < -0.39 is 17.0 Å². The van der Waals surface area contributed by atoms with Gasteiger partial charge in [0, 0.05) is 0 Å². The maximum atomic E-state index is 11.5. The maximum absolute atomic E-state index is 11.5. The van der Waals surface area contributed by atoms with Gasteiger partial charge in [0.2, 0.25) is 0 Å². The van der Waals surface area contributed by atoms with Crippen LogP contribution in [0, 0.1) is 17.3 Å². The number of rotatable bonds is 3. The van der Waals surface area contributed by atoms with Crippen LogP contribution in [-0.2, 0) is 4.79 Å². The van der Waals surface area contributed by atoms with Crippen molar-refractivity contribution >= 4 is 5.97 Å². The van der Waals surface area contributed by atoms with Crippen LogP contribution in [0.3, 0.4) is 0 Å². The third-order valence-corrected chi connectivity index (χ3v) is 4.54. The molecule has 0 bridgehead atoms. The van der Waals surface area contributed by atoms with Crippen LogP contribution in [0.2, 0.25) is 0 Å². The Balaban J connectivity index is 3.06. The van der Waals surface area contributed by atoms with Crippen molar-refractivity contribution in [3.63, 3.8) is 0 Å². The predicted octanol–water partition coefficient (Wildman–Crippen LogP) is 2.67. The van der Waals surface area contributed by atoms with E-state index in [4.69, 9.17) is 0 Å². The van der Waals surface area contributed by atoms with Crippen LogP contribution in [0.4, 0.5) is 0 Å². The first-order valence-electron chi connectivity index (χ1n) is 6.20. The number of hydrogen-bond donors (Lipinski definition) is 2. The molecule has 94 valence electrons. The third-order valence-electron chi connectivity index (χ3n) is 4.54. The molecule has 3 heteroatoms. The van der Waals surface area contributed by atoms with Gasteiger partial charge in [0.15, 0.2) is 0 Å². The molecule has 0 spiro atoms. The molecule has 3 atom stereocenters. The van der Waals surface area contributed by atoms with Crippen molar-refractivity contribution in [1.82, 2.24) is 0 Å². The van der Waals surface area contributed by atoms with E-state index in [0.29, 0.717) is 18.8 Å². The summed E-state index contributed by atoms with van der Waals surface area (Å²) in [6.07, 6.45) is 3.23. The fourth-order valence-electron chi connectivity index (χ4n) is 2.98. The van der Waals surface area contributed by atoms with Crippen LogP contribution in [-0.4, -0.2) is 21.8 Å². The zero-order chi connectivity index (χ0) is 12.6. The van der Waals surface area contributed by atoms with Crippen LogP contribution in [0.25, 0.3) is 0 Å². The van der Waals surface area contributed by atoms with Crippen molar-refractivity contribution in [2.24, 2.45) is 17.3 Å². The molecule has 0 aliphatic heterocycles. The lowest BCUT2D eigenvalue weighted by Crippen LogP contribution is -2.56. The molecule has 16 heavy (non-hydrogen) atoms. The van der Waals surface area contributed by atoms with E-state index in [9.17, 15) is 15.0 Å². The fraction of sp³-hybridized carbons (Fsp3) is 0.923. The Morgan fingerprint density at radius 2 is 2.06 bits per heavy atom. The first kappa shape index (κ1) is 13.5. The average Bonchev–Trinajstić information content (AvgIpc) is 2.15. The van der Waals surface area contributed by atoms with Gasteiger partial charge in [0.25, 0.3) is 0 Å². The first-order chi connectivity index (χ1) is 7.24. The molecular weight excluding hydrogens is 204 g/mol. The Morgan fingerprint density at radius 1 is 1.50 bits per heavy atom. The van der Waals surface area contributed by atoms with Crippen molar-refractivity contribution in [3.8, 4) is 0 Å². The Morgan fingerprint density at radius 3 is 2.44 bits per heavy atom. The van der Waals surface area contributed by atoms with E-state index in [2.05, 4.69) is 6.92 Å². The maximum Gasteiger partial charge on any atom is 0.312 e. The smallest absolute Gasteiger partial charge is 0.312 e. The van der Waals surface area contributed by atoms with Crippen LogP contribution in [0.5, 0.6) is 0 Å². The molecule has 1 saturated carbocycles. The summed E-state index contributed by atoms with van der Waals surface area (Å²) in [5.74, 6) is -0.532. The summed E-state index contributed by atoms with van der Waals surface area (Å²) in [5, 5.41) is 20.2. The van der Waals surface area contributed by atoms with Gasteiger partial charge < -0.3 is 10.2 Å². The average molecular weight is 228 g/mol. The minimum atomic E-state index is -1.05. The van der Waals surface area contributed by atoms with Crippen LogP contribution in [0.1, 0.15) is 53.4 Å². The second-order valence-electron chi connectivity index (χ2n) is 5.90. The number of hydrogen-bond acceptors (Lipinski definition) is 2. The van der Waals surface area contributed by atoms with Gasteiger partial charge in [-0.1, -0.05) is 33.6 Å². The molecule has 1 fully saturated rings. The Kier molecular flexibility index (Phi) is 3.68. The van der Waals surface area contributed by atoms with Crippen LogP contribution < -0.4 is 0 Å². The molecule has 1 aliphatic carbocycles. The molecule has 0 aromatic carbocycles. The number of aliphatic hydroxyl groups is 1. The molecule has 1 rings (SSSR count). The summed E-state index contributed by atoms with van der Waals surface area (Å²) in [6.45, 7) is 7.54. The Hall–Kier alpha value is -0.570. The zero-order valence-corrected chi connectivity index (χ0v) is 10.8. The highest BCUT2D eigenvalue weighted by molar-refractivity contribution is 5.76. The summed E-state index contributed by atoms with van der Waals surface area (Å²) < 4.78 is 0. The molecule has 0 amide bonds. The molecule has 3 nitrogen and oxygen atoms in total. The van der Waals surface area contributed by atoms with Crippen LogP contribution in [0.15, 0.2) is 0 Å². The molecule has 0 aromatic rings. The SMILES string of the molecule is CC1CCCC(O)(C(C)(C(=O)O)C(C)C)C1. The summed E-state index contributed by atoms with van der Waals surface area (Å²) in [6, 6.07) is 0. The first-order valence-corrected chi connectivity index (χ1v) is 6.20. The molecular formula is C13H24O3. The molecule has 0 radical (unpaired) electrons. The van der Waals surface area contributed by atoms with Crippen molar-refractivity contribution in [3.05, 3.63) is 0 Å². The molecule has 1 aliphatic rings. The van der Waals surface area contributed by atoms with Crippen molar-refractivity contribution in [2.45, 2.75) is 59.0 Å². The van der Waals surface area contributed by atoms with Gasteiger partial charge >= 0.3 is 5.97 Å². The molecule has 2 N–H and O–H groups in total. The van der Waals surface area contributed by atoms with E-state index in [1.807, 2.05) is 13.8 Å². The topological polar surface area (TPSA) is 57.5 Å². The minimum Gasteiger partial charge on any atom is -0.481 e. The van der Waals surface area contributed by atoms with E-state index in [1.54, 1.807) is 6.92 Å². The van der Waals surface area contributed by atoms with Gasteiger partial charge in [-0.25, -0.2) is 0 Å². The van der Waals surface area contributed by atoms with Gasteiger partial charge in [-0.15, -0.1) is 0 Å². The lowest BCUT2D eigenvalue weighted by molar-refractivity contribution is -0.182. The lowest BCUT2D eigenvalue weighted by atomic mass is 9.59. The Labute approximate surface area is 97.9 Å². The van der Waals surface area contributed by atoms with Gasteiger partial charge in [0.1, 0.15) is 0 Å². The van der Waals surface area contributed by atoms with Gasteiger partial charge in [0.05, 0.1) is 11.0 Å². The summed E-state index contributed by atoms with van der Waals surface area (Å²) >= 11 is 0. The minimum absolute atomic E-state index is 0.0692. The highest BCUT2D eigenvalue weighted by atomic mass is 16.4. The summed E-state index contributed by atoms with van der Waals surface area (Å²) in [7, 11) is 0. The van der Waals surface area contributed by atoms with Crippen molar-refractivity contribution in [1.29, 1.82) is 0 Å². The second-order valence-corrected chi connectivity index (χ2v) is 5.90. The van der Waals surface area contributed by atoms with Crippen LogP contribution >= 0.6 is 0 Å². The summed E-state index contributed by atoms with van der Waals surface area (Å²) in [5.41, 5.74) is -2.09. The third kappa shape index (κ3) is 1.97. The van der Waals surface area contributed by atoms with Gasteiger partial charge in [-0.3, -0.25) is 4.79 Å². The highest BCUT2D eigenvalue weighted by Crippen LogP contribution is 2.48. The number of aliphatic carboxylic acids is 1. The number of carbonyl (C=O) groups is 1. The molecule has 0 saturated heterocycles. The van der Waals surface area contributed by atoms with E-state index >= 15 is 0 Å². The van der Waals surface area contributed by atoms with E-state index in [1.165, 1.54) is 0 Å². The van der Waals surface area contributed by atoms with Gasteiger partial charge in [-0.2, -0.15) is 0 Å². The Bertz CT molecular complexity index is 274. The van der Waals surface area contributed by atoms with Gasteiger partial charge in [-0.05, 0) is 31.6 Å². The second kappa shape index (κ2) is 4.36. The molecule has 3 unspecified atom stereocenters. The van der Waals surface area contributed by atoms with E-state index in [0.717, 1.165) is 12.8 Å². The quantitative estimate of drug-likeness (QED) is 0.780. The van der Waals surface area contributed by atoms with Crippen molar-refractivity contribution in [2.75, 3.05) is 0 Å². The lowest BCUT2D eigenvalue weighted by Gasteiger charge is -2.48. The largest absolute Gasteiger partial charge is 0.481 e. The molecule has 0 heterocycles. The highest BCUT2D eigenvalue weighted by Gasteiger charge is 2.55. The summed E-state index contributed by atoms with van der Waals surface area (Å²) in [4.78, 5) is 11.5. The van der Waals surface area contributed by atoms with Crippen molar-refractivity contribution < 1.29 is 15.0 Å². The monoisotopic (exact) mass is 228 g/mol. The fourth-order valence-corrected chi connectivity index (χ4v) is 2.98. The number of carboxylic acid groups (broad SMARTS) is 1. The number of carboxylic acids is 1. The predicted molar refractivity (Wildman–Crippen MR) is 63.2 cm³/mol. The normalized spacial score (nSPS) is 34.8.